The molecule has 0 rings (SSSR count). The summed E-state index contributed by atoms with van der Waals surface area (Å²) in [6.07, 6.45) is 0. The first-order chi connectivity index (χ1) is 5.04. The van der Waals surface area contributed by atoms with E-state index in [1.54, 1.807) is 6.92 Å². The molecule has 0 spiro atoms. The van der Waals surface area contributed by atoms with Gasteiger partial charge in [-0.1, -0.05) is 20.4 Å². The molecule has 0 heterocycles. The highest BCUT2D eigenvalue weighted by Gasteiger charge is 2.00. The highest BCUT2D eigenvalue weighted by Crippen LogP contribution is 1.91. The van der Waals surface area contributed by atoms with Crippen molar-refractivity contribution >= 4 is 5.91 Å². The molecule has 0 bridgehead atoms. The van der Waals surface area contributed by atoms with E-state index in [0.29, 0.717) is 18.1 Å². The first kappa shape index (κ1) is 10.2. The third kappa shape index (κ3) is 5.61. The van der Waals surface area contributed by atoms with Crippen molar-refractivity contribution in [3.05, 3.63) is 12.2 Å². The molecule has 0 aliphatic carbocycles. The van der Waals surface area contributed by atoms with E-state index in [-0.39, 0.29) is 5.91 Å². The van der Waals surface area contributed by atoms with Gasteiger partial charge < -0.3 is 0 Å². The van der Waals surface area contributed by atoms with Crippen molar-refractivity contribution < 1.29 is 9.63 Å². The highest BCUT2D eigenvalue weighted by molar-refractivity contribution is 5.91. The van der Waals surface area contributed by atoms with Gasteiger partial charge in [-0.15, -0.1) is 0 Å². The summed E-state index contributed by atoms with van der Waals surface area (Å²) in [5.74, 6) is 0.158. The molecule has 64 valence electrons. The molecule has 0 aliphatic heterocycles. The molecule has 0 aromatic rings. The van der Waals surface area contributed by atoms with Gasteiger partial charge in [-0.25, -0.2) is 5.48 Å². The molecule has 0 saturated carbocycles. The summed E-state index contributed by atoms with van der Waals surface area (Å²) < 4.78 is 0. The van der Waals surface area contributed by atoms with Crippen LogP contribution in [0, 0.1) is 5.92 Å². The van der Waals surface area contributed by atoms with Gasteiger partial charge in [0.2, 0.25) is 0 Å². The molecular formula is C8H15NO2. The molecule has 0 aliphatic rings. The smallest absolute Gasteiger partial charge is 0.269 e. The lowest BCUT2D eigenvalue weighted by Gasteiger charge is -2.06. The lowest BCUT2D eigenvalue weighted by molar-refractivity contribution is -0.130. The zero-order valence-corrected chi connectivity index (χ0v) is 7.31. The summed E-state index contributed by atoms with van der Waals surface area (Å²) in [7, 11) is 0. The van der Waals surface area contributed by atoms with Crippen molar-refractivity contribution in [1.82, 2.24) is 5.48 Å². The average Bonchev–Trinajstić information content (AvgIpc) is 1.86. The van der Waals surface area contributed by atoms with E-state index < -0.39 is 0 Å². The van der Waals surface area contributed by atoms with Gasteiger partial charge in [0.25, 0.3) is 5.91 Å². The quantitative estimate of drug-likeness (QED) is 0.493. The molecule has 0 fully saturated rings. The Labute approximate surface area is 67.4 Å². The van der Waals surface area contributed by atoms with Crippen LogP contribution in [0.25, 0.3) is 0 Å². The van der Waals surface area contributed by atoms with E-state index in [4.69, 9.17) is 4.84 Å². The number of carbonyl (C=O) groups excluding carboxylic acids is 1. The number of hydrogen-bond donors (Lipinski definition) is 1. The van der Waals surface area contributed by atoms with Crippen LogP contribution < -0.4 is 5.48 Å². The van der Waals surface area contributed by atoms with Gasteiger partial charge in [-0.3, -0.25) is 9.63 Å². The standard InChI is InChI=1S/C8H15NO2/c1-6(2)5-11-9-8(10)7(3)4/h6H,3,5H2,1-2,4H3,(H,9,10). The molecule has 0 atom stereocenters. The molecule has 1 amide bonds. The predicted octanol–water partition coefficient (Wildman–Crippen LogP) is 1.27. The fourth-order valence-corrected chi connectivity index (χ4v) is 0.361. The maximum absolute atomic E-state index is 10.8. The Morgan fingerprint density at radius 1 is 1.64 bits per heavy atom. The molecule has 0 radical (unpaired) electrons. The van der Waals surface area contributed by atoms with Crippen LogP contribution in [0.4, 0.5) is 0 Å². The molecule has 11 heavy (non-hydrogen) atoms. The van der Waals surface area contributed by atoms with Crippen LogP contribution >= 0.6 is 0 Å². The maximum Gasteiger partial charge on any atom is 0.269 e. The third-order valence-electron chi connectivity index (χ3n) is 0.969. The number of nitrogens with one attached hydrogen (secondary N) is 1. The fourth-order valence-electron chi connectivity index (χ4n) is 0.361. The van der Waals surface area contributed by atoms with E-state index in [1.807, 2.05) is 13.8 Å². The third-order valence-corrected chi connectivity index (χ3v) is 0.969. The topological polar surface area (TPSA) is 38.3 Å². The summed E-state index contributed by atoms with van der Waals surface area (Å²) in [4.78, 5) is 15.6. The molecule has 3 nitrogen and oxygen atoms in total. The Morgan fingerprint density at radius 3 is 2.55 bits per heavy atom. The van der Waals surface area contributed by atoms with E-state index in [2.05, 4.69) is 12.1 Å². The normalized spacial score (nSPS) is 9.82. The van der Waals surface area contributed by atoms with E-state index in [1.165, 1.54) is 0 Å². The van der Waals surface area contributed by atoms with Crippen LogP contribution in [-0.2, 0) is 9.63 Å². The monoisotopic (exact) mass is 157 g/mol. The minimum absolute atomic E-state index is 0.259. The Balaban J connectivity index is 3.40. The second-order valence-electron chi connectivity index (χ2n) is 2.92. The number of hydrogen-bond acceptors (Lipinski definition) is 2. The summed E-state index contributed by atoms with van der Waals surface area (Å²) in [6, 6.07) is 0. The van der Waals surface area contributed by atoms with Gasteiger partial charge >= 0.3 is 0 Å². The maximum atomic E-state index is 10.8. The van der Waals surface area contributed by atoms with Gasteiger partial charge in [0.1, 0.15) is 0 Å². The average molecular weight is 157 g/mol. The molecule has 0 unspecified atom stereocenters. The molecule has 1 N–H and O–H groups in total. The highest BCUT2D eigenvalue weighted by atomic mass is 16.6. The van der Waals surface area contributed by atoms with Gasteiger partial charge in [-0.2, -0.15) is 0 Å². The first-order valence-electron chi connectivity index (χ1n) is 3.61. The van der Waals surface area contributed by atoms with E-state index in [0.717, 1.165) is 0 Å². The van der Waals surface area contributed by atoms with Gasteiger partial charge in [0.05, 0.1) is 6.61 Å². The SMILES string of the molecule is C=C(C)C(=O)NOCC(C)C. The summed E-state index contributed by atoms with van der Waals surface area (Å²) >= 11 is 0. The first-order valence-corrected chi connectivity index (χ1v) is 3.61. The van der Waals surface area contributed by atoms with Crippen LogP contribution in [0.3, 0.4) is 0 Å². The van der Waals surface area contributed by atoms with Crippen molar-refractivity contribution in [3.63, 3.8) is 0 Å². The summed E-state index contributed by atoms with van der Waals surface area (Å²) in [5, 5.41) is 0. The van der Waals surface area contributed by atoms with Crippen LogP contribution in [0.2, 0.25) is 0 Å². The Morgan fingerprint density at radius 2 is 2.18 bits per heavy atom. The van der Waals surface area contributed by atoms with Crippen molar-refractivity contribution in [1.29, 1.82) is 0 Å². The minimum Gasteiger partial charge on any atom is -0.273 e. The van der Waals surface area contributed by atoms with Crippen molar-refractivity contribution in [2.45, 2.75) is 20.8 Å². The Hall–Kier alpha value is -0.830. The number of rotatable bonds is 4. The van der Waals surface area contributed by atoms with E-state index in [9.17, 15) is 4.79 Å². The Bertz CT molecular complexity index is 152. The van der Waals surface area contributed by atoms with Gasteiger partial charge in [0.15, 0.2) is 0 Å². The summed E-state index contributed by atoms with van der Waals surface area (Å²) in [5.41, 5.74) is 2.73. The minimum atomic E-state index is -0.259. The van der Waals surface area contributed by atoms with Crippen LogP contribution in [0.5, 0.6) is 0 Å². The lowest BCUT2D eigenvalue weighted by atomic mass is 10.2. The second-order valence-corrected chi connectivity index (χ2v) is 2.92. The van der Waals surface area contributed by atoms with Crippen molar-refractivity contribution in [2.75, 3.05) is 6.61 Å². The fraction of sp³-hybridized carbons (Fsp3) is 0.625. The van der Waals surface area contributed by atoms with E-state index >= 15 is 0 Å². The Kier molecular flexibility index (Phi) is 4.54. The second kappa shape index (κ2) is 4.91. The molecule has 0 aromatic heterocycles. The van der Waals surface area contributed by atoms with Crippen molar-refractivity contribution in [2.24, 2.45) is 5.92 Å². The number of hydroxylamine groups is 1. The largest absolute Gasteiger partial charge is 0.273 e. The molecular weight excluding hydrogens is 142 g/mol. The van der Waals surface area contributed by atoms with Crippen LogP contribution in [0.1, 0.15) is 20.8 Å². The zero-order chi connectivity index (χ0) is 8.85. The molecule has 0 saturated heterocycles. The van der Waals surface area contributed by atoms with Gasteiger partial charge in [0, 0.05) is 5.57 Å². The summed E-state index contributed by atoms with van der Waals surface area (Å²) in [6.45, 7) is 9.63. The molecule has 3 heteroatoms. The van der Waals surface area contributed by atoms with Crippen molar-refractivity contribution in [3.8, 4) is 0 Å². The number of amides is 1. The zero-order valence-electron chi connectivity index (χ0n) is 7.31. The number of carbonyl (C=O) groups is 1. The lowest BCUT2D eigenvalue weighted by Crippen LogP contribution is -2.25. The molecule has 0 aromatic carbocycles. The predicted molar refractivity (Wildman–Crippen MR) is 43.7 cm³/mol. The van der Waals surface area contributed by atoms with Crippen LogP contribution in [-0.4, -0.2) is 12.5 Å². The van der Waals surface area contributed by atoms with Crippen LogP contribution in [0.15, 0.2) is 12.2 Å². The van der Waals surface area contributed by atoms with Gasteiger partial charge in [-0.05, 0) is 12.8 Å².